The molecule has 1 aliphatic carbocycles. The molecule has 1 aromatic carbocycles. The van der Waals surface area contributed by atoms with Crippen LogP contribution in [0.25, 0.3) is 0 Å². The Morgan fingerprint density at radius 2 is 2.08 bits per heavy atom. The van der Waals surface area contributed by atoms with Crippen molar-refractivity contribution in [1.29, 1.82) is 0 Å². The average Bonchev–Trinajstić information content (AvgIpc) is 3.31. The molecule has 1 saturated heterocycles. The predicted octanol–water partition coefficient (Wildman–Crippen LogP) is 0.400. The largest absolute Gasteiger partial charge is 0.481 e. The number of imide groups is 1. The standard InChI is InChI=1S/C17H16N2O6/c20-12-5-4-10(15(23)18-12)19-16(24)14-9(17(19)6-7-17)2-1-3-11(14)25-8-13(21)22/h1-3,10H,4-8H2,(H,21,22)(H,18,20,23). The van der Waals surface area contributed by atoms with Crippen molar-refractivity contribution >= 4 is 23.7 Å². The number of piperidine rings is 1. The van der Waals surface area contributed by atoms with Gasteiger partial charge in [0.15, 0.2) is 6.61 Å². The Bertz CT molecular complexity index is 813. The van der Waals surface area contributed by atoms with Crippen LogP contribution in [0.4, 0.5) is 0 Å². The molecular formula is C17H16N2O6. The lowest BCUT2D eigenvalue weighted by atomic mass is 9.99. The Kier molecular flexibility index (Phi) is 3.31. The highest BCUT2D eigenvalue weighted by Gasteiger charge is 2.61. The zero-order chi connectivity index (χ0) is 17.8. The Morgan fingerprint density at radius 1 is 1.32 bits per heavy atom. The van der Waals surface area contributed by atoms with Crippen molar-refractivity contribution in [2.24, 2.45) is 0 Å². The molecule has 3 aliphatic rings. The van der Waals surface area contributed by atoms with E-state index in [9.17, 15) is 19.2 Å². The number of nitrogens with one attached hydrogen (secondary N) is 1. The summed E-state index contributed by atoms with van der Waals surface area (Å²) in [5.41, 5.74) is 0.549. The smallest absolute Gasteiger partial charge is 0.341 e. The minimum atomic E-state index is -1.13. The lowest BCUT2D eigenvalue weighted by Crippen LogP contribution is -2.55. The van der Waals surface area contributed by atoms with Gasteiger partial charge in [-0.2, -0.15) is 0 Å². The molecular weight excluding hydrogens is 328 g/mol. The van der Waals surface area contributed by atoms with Gasteiger partial charge < -0.3 is 14.7 Å². The molecule has 1 spiro atoms. The summed E-state index contributed by atoms with van der Waals surface area (Å²) in [5, 5.41) is 11.1. The summed E-state index contributed by atoms with van der Waals surface area (Å²) in [4.78, 5) is 49.1. The van der Waals surface area contributed by atoms with E-state index >= 15 is 0 Å². The van der Waals surface area contributed by atoms with Crippen molar-refractivity contribution in [3.8, 4) is 5.75 Å². The van der Waals surface area contributed by atoms with Crippen LogP contribution in [0.5, 0.6) is 5.75 Å². The zero-order valence-corrected chi connectivity index (χ0v) is 13.3. The Hall–Kier alpha value is -2.90. The van der Waals surface area contributed by atoms with E-state index in [2.05, 4.69) is 5.32 Å². The summed E-state index contributed by atoms with van der Waals surface area (Å²) in [6.45, 7) is -0.546. The molecule has 130 valence electrons. The number of amides is 3. The average molecular weight is 344 g/mol. The van der Waals surface area contributed by atoms with Gasteiger partial charge in [0.2, 0.25) is 11.8 Å². The number of fused-ring (bicyclic) bond motifs is 2. The third-order valence-corrected chi connectivity index (χ3v) is 5.02. The Balaban J connectivity index is 1.72. The number of carbonyl (C=O) groups is 4. The van der Waals surface area contributed by atoms with Crippen LogP contribution in [-0.4, -0.2) is 46.3 Å². The molecule has 1 saturated carbocycles. The van der Waals surface area contributed by atoms with Gasteiger partial charge in [-0.25, -0.2) is 4.79 Å². The molecule has 8 nitrogen and oxygen atoms in total. The second-order valence-corrected chi connectivity index (χ2v) is 6.53. The van der Waals surface area contributed by atoms with E-state index in [0.717, 1.165) is 18.4 Å². The van der Waals surface area contributed by atoms with Crippen molar-refractivity contribution in [3.05, 3.63) is 29.3 Å². The van der Waals surface area contributed by atoms with Gasteiger partial charge in [-0.3, -0.25) is 19.7 Å². The van der Waals surface area contributed by atoms with Crippen molar-refractivity contribution in [2.45, 2.75) is 37.3 Å². The lowest BCUT2D eigenvalue weighted by Gasteiger charge is -2.34. The monoisotopic (exact) mass is 344 g/mol. The summed E-state index contributed by atoms with van der Waals surface area (Å²) >= 11 is 0. The summed E-state index contributed by atoms with van der Waals surface area (Å²) < 4.78 is 5.28. The number of carboxylic acid groups (broad SMARTS) is 1. The fourth-order valence-corrected chi connectivity index (χ4v) is 3.84. The summed E-state index contributed by atoms with van der Waals surface area (Å²) in [7, 11) is 0. The van der Waals surface area contributed by atoms with E-state index in [0.29, 0.717) is 5.56 Å². The van der Waals surface area contributed by atoms with Crippen molar-refractivity contribution in [2.75, 3.05) is 6.61 Å². The number of hydrogen-bond acceptors (Lipinski definition) is 5. The molecule has 1 unspecified atom stereocenters. The van der Waals surface area contributed by atoms with Crippen LogP contribution in [-0.2, 0) is 19.9 Å². The molecule has 4 rings (SSSR count). The fourth-order valence-electron chi connectivity index (χ4n) is 3.84. The number of nitrogens with zero attached hydrogens (tertiary/aromatic N) is 1. The quantitative estimate of drug-likeness (QED) is 0.765. The first-order valence-electron chi connectivity index (χ1n) is 8.09. The number of carboxylic acids is 1. The summed E-state index contributed by atoms with van der Waals surface area (Å²) in [6, 6.07) is 4.40. The van der Waals surface area contributed by atoms with Crippen molar-refractivity contribution < 1.29 is 29.0 Å². The third kappa shape index (κ3) is 2.28. The highest BCUT2D eigenvalue weighted by Crippen LogP contribution is 2.59. The fraction of sp³-hybridized carbons (Fsp3) is 0.412. The molecule has 8 heteroatoms. The highest BCUT2D eigenvalue weighted by atomic mass is 16.5. The number of benzene rings is 1. The van der Waals surface area contributed by atoms with Crippen LogP contribution in [0.1, 0.15) is 41.6 Å². The van der Waals surface area contributed by atoms with Crippen LogP contribution in [0, 0.1) is 0 Å². The van der Waals surface area contributed by atoms with Gasteiger partial charge in [0, 0.05) is 6.42 Å². The van der Waals surface area contributed by atoms with Gasteiger partial charge in [-0.15, -0.1) is 0 Å². The summed E-state index contributed by atoms with van der Waals surface area (Å²) in [5.74, 6) is -2.06. The van der Waals surface area contributed by atoms with E-state index in [-0.39, 0.29) is 30.4 Å². The first kappa shape index (κ1) is 15.6. The molecule has 3 amide bonds. The second-order valence-electron chi connectivity index (χ2n) is 6.53. The van der Waals surface area contributed by atoms with Crippen LogP contribution in [0.15, 0.2) is 18.2 Å². The van der Waals surface area contributed by atoms with E-state index in [4.69, 9.17) is 9.84 Å². The normalized spacial score (nSPS) is 23.4. The second kappa shape index (κ2) is 5.30. The molecule has 2 heterocycles. The van der Waals surface area contributed by atoms with Gasteiger partial charge in [-0.1, -0.05) is 12.1 Å². The van der Waals surface area contributed by atoms with Crippen LogP contribution >= 0.6 is 0 Å². The molecule has 0 bridgehead atoms. The maximum Gasteiger partial charge on any atom is 0.341 e. The van der Waals surface area contributed by atoms with Gasteiger partial charge in [0.25, 0.3) is 5.91 Å². The third-order valence-electron chi connectivity index (χ3n) is 5.02. The first-order chi connectivity index (χ1) is 11.9. The molecule has 0 aromatic heterocycles. The molecule has 25 heavy (non-hydrogen) atoms. The number of rotatable bonds is 4. The SMILES string of the molecule is O=C(O)COc1cccc2c1C(=O)N(C1CCC(=O)NC1=O)C21CC1. The number of hydrogen-bond donors (Lipinski definition) is 2. The topological polar surface area (TPSA) is 113 Å². The first-order valence-corrected chi connectivity index (χ1v) is 8.09. The summed E-state index contributed by atoms with van der Waals surface area (Å²) in [6.07, 6.45) is 1.93. The van der Waals surface area contributed by atoms with Crippen molar-refractivity contribution in [1.82, 2.24) is 10.2 Å². The van der Waals surface area contributed by atoms with Crippen molar-refractivity contribution in [3.63, 3.8) is 0 Å². The molecule has 2 fully saturated rings. The Labute approximate surface area is 142 Å². The maximum atomic E-state index is 13.1. The van der Waals surface area contributed by atoms with E-state index in [1.807, 2.05) is 6.07 Å². The minimum absolute atomic E-state index is 0.189. The molecule has 0 radical (unpaired) electrons. The zero-order valence-electron chi connectivity index (χ0n) is 13.3. The van der Waals surface area contributed by atoms with Crippen LogP contribution < -0.4 is 10.1 Å². The Morgan fingerprint density at radius 3 is 2.72 bits per heavy atom. The molecule has 2 N–H and O–H groups in total. The van der Waals surface area contributed by atoms with Crippen LogP contribution in [0.2, 0.25) is 0 Å². The molecule has 2 aliphatic heterocycles. The maximum absolute atomic E-state index is 13.1. The number of ether oxygens (including phenoxy) is 1. The van der Waals surface area contributed by atoms with Crippen LogP contribution in [0.3, 0.4) is 0 Å². The van der Waals surface area contributed by atoms with Gasteiger partial charge in [0.05, 0.1) is 11.1 Å². The van der Waals surface area contributed by atoms with E-state index < -0.39 is 30.1 Å². The van der Waals surface area contributed by atoms with Gasteiger partial charge in [0.1, 0.15) is 11.8 Å². The predicted molar refractivity (Wildman–Crippen MR) is 82.8 cm³/mol. The van der Waals surface area contributed by atoms with Gasteiger partial charge in [-0.05, 0) is 30.9 Å². The van der Waals surface area contributed by atoms with Gasteiger partial charge >= 0.3 is 5.97 Å². The highest BCUT2D eigenvalue weighted by molar-refractivity contribution is 6.08. The number of aliphatic carboxylic acids is 1. The minimum Gasteiger partial charge on any atom is -0.481 e. The molecule has 1 atom stereocenters. The number of carbonyl (C=O) groups excluding carboxylic acids is 3. The van der Waals surface area contributed by atoms with E-state index in [1.54, 1.807) is 17.0 Å². The van der Waals surface area contributed by atoms with E-state index in [1.165, 1.54) is 0 Å². The molecule has 1 aromatic rings. The lowest BCUT2D eigenvalue weighted by molar-refractivity contribution is -0.139.